The smallest absolute Gasteiger partial charge is 0.0762 e. The third-order valence-electron chi connectivity index (χ3n) is 3.20. The number of hydrogen-bond acceptors (Lipinski definition) is 4. The number of benzene rings is 1. The van der Waals surface area contributed by atoms with Crippen LogP contribution in [0.15, 0.2) is 18.2 Å². The van der Waals surface area contributed by atoms with Gasteiger partial charge in [0.25, 0.3) is 0 Å². The highest BCUT2D eigenvalue weighted by molar-refractivity contribution is 6.33. The third-order valence-corrected chi connectivity index (χ3v) is 3.50. The SMILES string of the molecule is CC(O)c1ccc(N2CCOCC2CO)c(Cl)c1. The summed E-state index contributed by atoms with van der Waals surface area (Å²) in [5.41, 5.74) is 1.67. The molecule has 2 rings (SSSR count). The molecule has 1 aromatic carbocycles. The number of morpholine rings is 1. The molecule has 0 spiro atoms. The van der Waals surface area contributed by atoms with Crippen molar-refractivity contribution < 1.29 is 14.9 Å². The highest BCUT2D eigenvalue weighted by atomic mass is 35.5. The molecule has 0 aromatic heterocycles. The first-order valence-corrected chi connectivity index (χ1v) is 6.44. The maximum Gasteiger partial charge on any atom is 0.0762 e. The van der Waals surface area contributed by atoms with Crippen molar-refractivity contribution in [2.75, 3.05) is 31.3 Å². The van der Waals surface area contributed by atoms with Gasteiger partial charge in [-0.3, -0.25) is 0 Å². The Hall–Kier alpha value is -0.810. The first-order valence-electron chi connectivity index (χ1n) is 6.06. The van der Waals surface area contributed by atoms with Crippen molar-refractivity contribution >= 4 is 17.3 Å². The second-order valence-corrected chi connectivity index (χ2v) is 4.90. The first kappa shape index (κ1) is 13.6. The molecule has 0 amide bonds. The van der Waals surface area contributed by atoms with E-state index < -0.39 is 6.10 Å². The molecule has 1 aliphatic heterocycles. The zero-order chi connectivity index (χ0) is 13.1. The van der Waals surface area contributed by atoms with Crippen molar-refractivity contribution in [1.82, 2.24) is 0 Å². The number of hydrogen-bond donors (Lipinski definition) is 2. The Labute approximate surface area is 112 Å². The molecule has 4 nitrogen and oxygen atoms in total. The van der Waals surface area contributed by atoms with Crippen molar-refractivity contribution in [3.05, 3.63) is 28.8 Å². The van der Waals surface area contributed by atoms with Gasteiger partial charge >= 0.3 is 0 Å². The predicted molar refractivity (Wildman–Crippen MR) is 71.1 cm³/mol. The quantitative estimate of drug-likeness (QED) is 0.877. The van der Waals surface area contributed by atoms with Crippen LogP contribution in [0.3, 0.4) is 0 Å². The van der Waals surface area contributed by atoms with Crippen molar-refractivity contribution in [3.8, 4) is 0 Å². The fourth-order valence-corrected chi connectivity index (χ4v) is 2.44. The van der Waals surface area contributed by atoms with Gasteiger partial charge in [-0.15, -0.1) is 0 Å². The van der Waals surface area contributed by atoms with E-state index in [1.54, 1.807) is 13.0 Å². The average molecular weight is 272 g/mol. The average Bonchev–Trinajstić information content (AvgIpc) is 2.38. The number of ether oxygens (including phenoxy) is 1. The molecule has 2 unspecified atom stereocenters. The molecule has 2 N–H and O–H groups in total. The first-order chi connectivity index (χ1) is 8.63. The molecular weight excluding hydrogens is 254 g/mol. The Morgan fingerprint density at radius 1 is 1.56 bits per heavy atom. The number of aliphatic hydroxyl groups is 2. The number of nitrogens with zero attached hydrogens (tertiary/aromatic N) is 1. The van der Waals surface area contributed by atoms with E-state index in [2.05, 4.69) is 4.90 Å². The van der Waals surface area contributed by atoms with E-state index in [9.17, 15) is 10.2 Å². The molecule has 0 radical (unpaired) electrons. The van der Waals surface area contributed by atoms with Gasteiger partial charge in [-0.05, 0) is 24.6 Å². The predicted octanol–water partition coefficient (Wildman–Crippen LogP) is 1.59. The van der Waals surface area contributed by atoms with Gasteiger partial charge in [0.05, 0.1) is 42.7 Å². The van der Waals surface area contributed by atoms with Crippen LogP contribution in [0.1, 0.15) is 18.6 Å². The zero-order valence-electron chi connectivity index (χ0n) is 10.3. The fraction of sp³-hybridized carbons (Fsp3) is 0.538. The Morgan fingerprint density at radius 3 is 2.94 bits per heavy atom. The van der Waals surface area contributed by atoms with Crippen LogP contribution in [0, 0.1) is 0 Å². The second-order valence-electron chi connectivity index (χ2n) is 4.49. The molecule has 1 fully saturated rings. The van der Waals surface area contributed by atoms with Gasteiger partial charge < -0.3 is 19.8 Å². The minimum atomic E-state index is -0.533. The Kier molecular flexibility index (Phi) is 4.45. The number of anilines is 1. The summed E-state index contributed by atoms with van der Waals surface area (Å²) in [7, 11) is 0. The maximum absolute atomic E-state index is 9.52. The summed E-state index contributed by atoms with van der Waals surface area (Å²) in [4.78, 5) is 2.05. The largest absolute Gasteiger partial charge is 0.394 e. The maximum atomic E-state index is 9.52. The Bertz CT molecular complexity index is 411. The molecule has 1 aromatic rings. The monoisotopic (exact) mass is 271 g/mol. The molecule has 1 aliphatic rings. The molecule has 18 heavy (non-hydrogen) atoms. The lowest BCUT2D eigenvalue weighted by atomic mass is 10.1. The van der Waals surface area contributed by atoms with Crippen LogP contribution in [-0.4, -0.2) is 42.6 Å². The van der Waals surface area contributed by atoms with Crippen LogP contribution in [0.5, 0.6) is 0 Å². The minimum absolute atomic E-state index is 0.0362. The van der Waals surface area contributed by atoms with Crippen molar-refractivity contribution in [3.63, 3.8) is 0 Å². The Morgan fingerprint density at radius 2 is 2.33 bits per heavy atom. The van der Waals surface area contributed by atoms with Gasteiger partial charge in [-0.2, -0.15) is 0 Å². The molecule has 0 saturated carbocycles. The van der Waals surface area contributed by atoms with Gasteiger partial charge in [-0.25, -0.2) is 0 Å². The summed E-state index contributed by atoms with van der Waals surface area (Å²) >= 11 is 6.25. The lowest BCUT2D eigenvalue weighted by Gasteiger charge is -2.37. The molecule has 2 atom stereocenters. The van der Waals surface area contributed by atoms with Crippen LogP contribution in [0.4, 0.5) is 5.69 Å². The van der Waals surface area contributed by atoms with Gasteiger partial charge in [0.15, 0.2) is 0 Å². The summed E-state index contributed by atoms with van der Waals surface area (Å²) in [6.45, 7) is 3.58. The summed E-state index contributed by atoms with van der Waals surface area (Å²) < 4.78 is 5.34. The summed E-state index contributed by atoms with van der Waals surface area (Å²) in [6.07, 6.45) is -0.533. The molecule has 0 bridgehead atoms. The van der Waals surface area contributed by atoms with E-state index in [0.717, 1.165) is 11.3 Å². The third kappa shape index (κ3) is 2.78. The summed E-state index contributed by atoms with van der Waals surface area (Å²) in [6, 6.07) is 5.45. The van der Waals surface area contributed by atoms with Crippen LogP contribution in [0.25, 0.3) is 0 Å². The van der Waals surface area contributed by atoms with E-state index in [0.29, 0.717) is 24.8 Å². The van der Waals surface area contributed by atoms with Crippen LogP contribution in [-0.2, 0) is 4.74 Å². The van der Waals surface area contributed by atoms with Crippen LogP contribution >= 0.6 is 11.6 Å². The molecule has 100 valence electrons. The van der Waals surface area contributed by atoms with Crippen LogP contribution in [0.2, 0.25) is 5.02 Å². The zero-order valence-corrected chi connectivity index (χ0v) is 11.1. The lowest BCUT2D eigenvalue weighted by molar-refractivity contribution is 0.0727. The Balaban J connectivity index is 2.26. The highest BCUT2D eigenvalue weighted by Crippen LogP contribution is 2.31. The lowest BCUT2D eigenvalue weighted by Crippen LogP contribution is -2.47. The topological polar surface area (TPSA) is 52.9 Å². The molecule has 5 heteroatoms. The number of halogens is 1. The van der Waals surface area contributed by atoms with E-state index in [1.165, 1.54) is 0 Å². The summed E-state index contributed by atoms with van der Waals surface area (Å²) in [5, 5.41) is 19.5. The minimum Gasteiger partial charge on any atom is -0.394 e. The number of aliphatic hydroxyl groups excluding tert-OH is 2. The van der Waals surface area contributed by atoms with Gasteiger partial charge in [0.2, 0.25) is 0 Å². The molecular formula is C13H18ClNO3. The van der Waals surface area contributed by atoms with E-state index in [4.69, 9.17) is 16.3 Å². The van der Waals surface area contributed by atoms with E-state index in [-0.39, 0.29) is 12.6 Å². The summed E-state index contributed by atoms with van der Waals surface area (Å²) in [5.74, 6) is 0. The van der Waals surface area contributed by atoms with E-state index >= 15 is 0 Å². The fourth-order valence-electron chi connectivity index (χ4n) is 2.14. The number of rotatable bonds is 3. The standard InChI is InChI=1S/C13H18ClNO3/c1-9(17)10-2-3-13(12(14)6-10)15-4-5-18-8-11(15)7-16/h2-3,6,9,11,16-17H,4-5,7-8H2,1H3. The van der Waals surface area contributed by atoms with E-state index in [1.807, 2.05) is 12.1 Å². The highest BCUT2D eigenvalue weighted by Gasteiger charge is 2.24. The van der Waals surface area contributed by atoms with Gasteiger partial charge in [0, 0.05) is 6.54 Å². The van der Waals surface area contributed by atoms with Gasteiger partial charge in [0.1, 0.15) is 0 Å². The normalized spacial score (nSPS) is 22.0. The van der Waals surface area contributed by atoms with Crippen molar-refractivity contribution in [1.29, 1.82) is 0 Å². The van der Waals surface area contributed by atoms with Gasteiger partial charge in [-0.1, -0.05) is 17.7 Å². The van der Waals surface area contributed by atoms with Crippen molar-refractivity contribution in [2.45, 2.75) is 19.1 Å². The second kappa shape index (κ2) is 5.89. The van der Waals surface area contributed by atoms with Crippen molar-refractivity contribution in [2.24, 2.45) is 0 Å². The molecule has 0 aliphatic carbocycles. The molecule has 1 saturated heterocycles. The van der Waals surface area contributed by atoms with Crippen LogP contribution < -0.4 is 4.90 Å². The molecule has 1 heterocycles.